The Morgan fingerprint density at radius 2 is 1.77 bits per heavy atom. The predicted molar refractivity (Wildman–Crippen MR) is 91.3 cm³/mol. The maximum Gasteiger partial charge on any atom is 0.387 e. The number of nitrogens with zero attached hydrogens (tertiary/aromatic N) is 1. The van der Waals surface area contributed by atoms with Crippen molar-refractivity contribution in [2.24, 2.45) is 4.99 Å². The molecule has 2 aromatic rings. The summed E-state index contributed by atoms with van der Waals surface area (Å²) in [4.78, 5) is 4.02. The summed E-state index contributed by atoms with van der Waals surface area (Å²) in [6.45, 7) is -2.30. The van der Waals surface area contributed by atoms with E-state index in [0.29, 0.717) is 30.1 Å². The molecule has 2 aromatic carbocycles. The minimum atomic E-state index is -2.90. The molecular formula is C18H19F4N3O. The Morgan fingerprint density at radius 1 is 1.08 bits per heavy atom. The molecule has 0 spiro atoms. The zero-order chi connectivity index (χ0) is 18.9. The number of rotatable bonds is 7. The summed E-state index contributed by atoms with van der Waals surface area (Å²) in [6, 6.07) is 9.77. The average molecular weight is 369 g/mol. The van der Waals surface area contributed by atoms with E-state index in [1.807, 2.05) is 0 Å². The van der Waals surface area contributed by atoms with Gasteiger partial charge in [-0.15, -0.1) is 0 Å². The Morgan fingerprint density at radius 3 is 2.42 bits per heavy atom. The van der Waals surface area contributed by atoms with Crippen LogP contribution in [0.1, 0.15) is 11.1 Å². The predicted octanol–water partition coefficient (Wildman–Crippen LogP) is 3.47. The van der Waals surface area contributed by atoms with Crippen molar-refractivity contribution in [3.05, 3.63) is 65.2 Å². The highest BCUT2D eigenvalue weighted by atomic mass is 19.3. The zero-order valence-corrected chi connectivity index (χ0v) is 14.1. The second-order valence-electron chi connectivity index (χ2n) is 5.37. The van der Waals surface area contributed by atoms with Gasteiger partial charge in [-0.25, -0.2) is 8.78 Å². The fraction of sp³-hybridized carbons (Fsp3) is 0.278. The SMILES string of the molecule is CN=C(NCCc1cc(F)cc(F)c1)NCc1ccccc1OC(F)F. The van der Waals surface area contributed by atoms with E-state index in [4.69, 9.17) is 0 Å². The maximum atomic E-state index is 13.2. The second-order valence-corrected chi connectivity index (χ2v) is 5.37. The molecule has 0 saturated carbocycles. The third-order valence-corrected chi connectivity index (χ3v) is 3.49. The Bertz CT molecular complexity index is 733. The number of nitrogens with one attached hydrogen (secondary N) is 2. The van der Waals surface area contributed by atoms with Crippen LogP contribution in [-0.4, -0.2) is 26.2 Å². The summed E-state index contributed by atoms with van der Waals surface area (Å²) in [6.07, 6.45) is 0.389. The molecule has 0 aliphatic rings. The van der Waals surface area contributed by atoms with Gasteiger partial charge in [0.25, 0.3) is 0 Å². The van der Waals surface area contributed by atoms with E-state index in [0.717, 1.165) is 6.07 Å². The Labute approximate surface area is 148 Å². The van der Waals surface area contributed by atoms with E-state index in [9.17, 15) is 17.6 Å². The maximum absolute atomic E-state index is 13.2. The number of hydrogen-bond donors (Lipinski definition) is 2. The third-order valence-electron chi connectivity index (χ3n) is 3.49. The molecule has 0 radical (unpaired) electrons. The van der Waals surface area contributed by atoms with Crippen LogP contribution in [0.3, 0.4) is 0 Å². The highest BCUT2D eigenvalue weighted by molar-refractivity contribution is 5.79. The van der Waals surface area contributed by atoms with Crippen LogP contribution >= 0.6 is 0 Å². The summed E-state index contributed by atoms with van der Waals surface area (Å²) in [5.41, 5.74) is 1.06. The molecule has 0 aliphatic carbocycles. The van der Waals surface area contributed by atoms with Gasteiger partial charge in [-0.2, -0.15) is 8.78 Å². The number of aliphatic imine (C=N–C) groups is 1. The molecular weight excluding hydrogens is 350 g/mol. The van der Waals surface area contributed by atoms with Crippen molar-refractivity contribution in [2.45, 2.75) is 19.6 Å². The van der Waals surface area contributed by atoms with Gasteiger partial charge in [0.2, 0.25) is 0 Å². The largest absolute Gasteiger partial charge is 0.434 e. The van der Waals surface area contributed by atoms with Gasteiger partial charge >= 0.3 is 6.61 Å². The highest BCUT2D eigenvalue weighted by Gasteiger charge is 2.09. The molecule has 2 N–H and O–H groups in total. The number of alkyl halides is 2. The topological polar surface area (TPSA) is 45.7 Å². The molecule has 0 unspecified atom stereocenters. The molecule has 26 heavy (non-hydrogen) atoms. The molecule has 0 bridgehead atoms. The van der Waals surface area contributed by atoms with Crippen LogP contribution in [0.25, 0.3) is 0 Å². The fourth-order valence-corrected chi connectivity index (χ4v) is 2.34. The van der Waals surface area contributed by atoms with Gasteiger partial charge in [0.05, 0.1) is 0 Å². The van der Waals surface area contributed by atoms with Gasteiger partial charge in [-0.1, -0.05) is 18.2 Å². The number of hydrogen-bond acceptors (Lipinski definition) is 2. The number of halogens is 4. The van der Waals surface area contributed by atoms with Crippen LogP contribution in [0.4, 0.5) is 17.6 Å². The van der Waals surface area contributed by atoms with Gasteiger partial charge < -0.3 is 15.4 Å². The number of para-hydroxylation sites is 1. The van der Waals surface area contributed by atoms with Gasteiger partial charge in [0.15, 0.2) is 5.96 Å². The smallest absolute Gasteiger partial charge is 0.387 e. The van der Waals surface area contributed by atoms with Crippen molar-refractivity contribution >= 4 is 5.96 Å². The van der Waals surface area contributed by atoms with Crippen molar-refractivity contribution in [3.8, 4) is 5.75 Å². The van der Waals surface area contributed by atoms with Crippen molar-refractivity contribution in [2.75, 3.05) is 13.6 Å². The minimum Gasteiger partial charge on any atom is -0.434 e. The molecule has 0 fully saturated rings. The normalized spacial score (nSPS) is 11.5. The molecule has 0 aliphatic heterocycles. The molecule has 2 rings (SSSR count). The first-order chi connectivity index (χ1) is 12.5. The van der Waals surface area contributed by atoms with Crippen LogP contribution < -0.4 is 15.4 Å². The van der Waals surface area contributed by atoms with Gasteiger partial charge in [0, 0.05) is 31.8 Å². The van der Waals surface area contributed by atoms with Crippen LogP contribution in [0.15, 0.2) is 47.5 Å². The van der Waals surface area contributed by atoms with E-state index in [-0.39, 0.29) is 12.3 Å². The molecule has 0 aromatic heterocycles. The number of ether oxygens (including phenoxy) is 1. The van der Waals surface area contributed by atoms with Crippen molar-refractivity contribution in [1.82, 2.24) is 10.6 Å². The zero-order valence-electron chi connectivity index (χ0n) is 14.1. The summed E-state index contributed by atoms with van der Waals surface area (Å²) in [7, 11) is 1.55. The molecule has 8 heteroatoms. The number of guanidine groups is 1. The summed E-state index contributed by atoms with van der Waals surface area (Å²) < 4.78 is 55.6. The fourth-order valence-electron chi connectivity index (χ4n) is 2.34. The molecule has 0 heterocycles. The van der Waals surface area contributed by atoms with Gasteiger partial charge in [-0.3, -0.25) is 4.99 Å². The summed E-state index contributed by atoms with van der Waals surface area (Å²) in [5, 5.41) is 5.97. The van der Waals surface area contributed by atoms with Gasteiger partial charge in [-0.05, 0) is 30.2 Å². The standard InChI is InChI=1S/C18H19F4N3O/c1-23-18(24-7-6-12-8-14(19)10-15(20)9-12)25-11-13-4-2-3-5-16(13)26-17(21)22/h2-5,8-10,17H,6-7,11H2,1H3,(H2,23,24,25). The Balaban J connectivity index is 1.86. The van der Waals surface area contributed by atoms with Crippen LogP contribution in [0.5, 0.6) is 5.75 Å². The first-order valence-corrected chi connectivity index (χ1v) is 7.90. The lowest BCUT2D eigenvalue weighted by Gasteiger charge is -2.14. The van der Waals surface area contributed by atoms with E-state index >= 15 is 0 Å². The monoisotopic (exact) mass is 369 g/mol. The third kappa shape index (κ3) is 6.27. The Hall–Kier alpha value is -2.77. The van der Waals surface area contributed by atoms with Crippen molar-refractivity contribution in [1.29, 1.82) is 0 Å². The van der Waals surface area contributed by atoms with E-state index in [2.05, 4.69) is 20.4 Å². The van der Waals surface area contributed by atoms with Crippen molar-refractivity contribution in [3.63, 3.8) is 0 Å². The lowest BCUT2D eigenvalue weighted by molar-refractivity contribution is -0.0504. The van der Waals surface area contributed by atoms with Crippen LogP contribution in [-0.2, 0) is 13.0 Å². The second kappa shape index (κ2) is 9.65. The minimum absolute atomic E-state index is 0.0840. The lowest BCUT2D eigenvalue weighted by Crippen LogP contribution is -2.38. The first kappa shape index (κ1) is 19.6. The van der Waals surface area contributed by atoms with E-state index in [1.54, 1.807) is 25.2 Å². The number of benzene rings is 2. The molecule has 140 valence electrons. The first-order valence-electron chi connectivity index (χ1n) is 7.90. The molecule has 0 atom stereocenters. The van der Waals surface area contributed by atoms with Crippen LogP contribution in [0, 0.1) is 11.6 Å². The van der Waals surface area contributed by atoms with Gasteiger partial charge in [0.1, 0.15) is 17.4 Å². The molecule has 0 amide bonds. The molecule has 0 saturated heterocycles. The molecule has 4 nitrogen and oxygen atoms in total. The van der Waals surface area contributed by atoms with E-state index in [1.165, 1.54) is 18.2 Å². The lowest BCUT2D eigenvalue weighted by atomic mass is 10.1. The average Bonchev–Trinajstić information content (AvgIpc) is 2.57. The highest BCUT2D eigenvalue weighted by Crippen LogP contribution is 2.19. The summed E-state index contributed by atoms with van der Waals surface area (Å²) >= 11 is 0. The van der Waals surface area contributed by atoms with Crippen LogP contribution in [0.2, 0.25) is 0 Å². The van der Waals surface area contributed by atoms with Crippen molar-refractivity contribution < 1.29 is 22.3 Å². The van der Waals surface area contributed by atoms with E-state index < -0.39 is 18.2 Å². The quantitative estimate of drug-likeness (QED) is 0.446. The summed E-state index contributed by atoms with van der Waals surface area (Å²) in [5.74, 6) is -0.745. The Kier molecular flexibility index (Phi) is 7.25.